The molecule has 3 rings (SSSR count). The summed E-state index contributed by atoms with van der Waals surface area (Å²) in [6, 6.07) is 3.77. The van der Waals surface area contributed by atoms with Crippen LogP contribution >= 0.6 is 11.8 Å². The molecule has 0 unspecified atom stereocenters. The number of pyridine rings is 1. The van der Waals surface area contributed by atoms with Crippen LogP contribution < -0.4 is 10.2 Å². The summed E-state index contributed by atoms with van der Waals surface area (Å²) < 4.78 is 4.78. The van der Waals surface area contributed by atoms with Crippen molar-refractivity contribution in [2.75, 3.05) is 34.8 Å². The maximum Gasteiger partial charge on any atom is 0.277 e. The molecule has 0 aromatic carbocycles. The minimum atomic E-state index is -0.303. The SMILES string of the molecule is O=C(Nc1ccc(N2CCSCC2)nc1)c1cocn1. The molecule has 20 heavy (non-hydrogen) atoms. The molecule has 1 aliphatic rings. The maximum absolute atomic E-state index is 11.8. The number of amides is 1. The fraction of sp³-hybridized carbons (Fsp3) is 0.308. The predicted molar refractivity (Wildman–Crippen MR) is 78.2 cm³/mol. The van der Waals surface area contributed by atoms with E-state index in [1.54, 1.807) is 6.20 Å². The van der Waals surface area contributed by atoms with Crippen LogP contribution in [0.25, 0.3) is 0 Å². The van der Waals surface area contributed by atoms with Crippen LogP contribution in [0.15, 0.2) is 35.4 Å². The lowest BCUT2D eigenvalue weighted by molar-refractivity contribution is 0.102. The van der Waals surface area contributed by atoms with Crippen LogP contribution in [0.3, 0.4) is 0 Å². The number of nitrogens with zero attached hydrogens (tertiary/aromatic N) is 3. The van der Waals surface area contributed by atoms with Crippen LogP contribution in [0.1, 0.15) is 10.5 Å². The molecule has 104 valence electrons. The second-order valence-electron chi connectivity index (χ2n) is 4.33. The van der Waals surface area contributed by atoms with Crippen molar-refractivity contribution in [1.29, 1.82) is 0 Å². The Kier molecular flexibility index (Phi) is 3.87. The topological polar surface area (TPSA) is 71.3 Å². The van der Waals surface area contributed by atoms with Gasteiger partial charge in [-0.05, 0) is 12.1 Å². The first-order valence-electron chi connectivity index (χ1n) is 6.31. The number of aromatic nitrogens is 2. The van der Waals surface area contributed by atoms with E-state index < -0.39 is 0 Å². The second kappa shape index (κ2) is 5.96. The van der Waals surface area contributed by atoms with Crippen molar-refractivity contribution in [2.24, 2.45) is 0 Å². The van der Waals surface area contributed by atoms with Crippen molar-refractivity contribution < 1.29 is 9.21 Å². The number of hydrogen-bond donors (Lipinski definition) is 1. The highest BCUT2D eigenvalue weighted by atomic mass is 32.2. The van der Waals surface area contributed by atoms with Gasteiger partial charge in [-0.3, -0.25) is 4.79 Å². The Balaban J connectivity index is 1.65. The summed E-state index contributed by atoms with van der Waals surface area (Å²) in [5.41, 5.74) is 0.898. The Bertz CT molecular complexity index is 565. The van der Waals surface area contributed by atoms with Crippen molar-refractivity contribution >= 4 is 29.2 Å². The molecule has 1 aliphatic heterocycles. The van der Waals surface area contributed by atoms with Crippen molar-refractivity contribution in [3.8, 4) is 0 Å². The van der Waals surface area contributed by atoms with Gasteiger partial charge in [0.1, 0.15) is 12.1 Å². The van der Waals surface area contributed by atoms with E-state index in [-0.39, 0.29) is 11.6 Å². The molecule has 0 atom stereocenters. The summed E-state index contributed by atoms with van der Waals surface area (Å²) in [5.74, 6) is 2.91. The zero-order valence-corrected chi connectivity index (χ0v) is 11.6. The minimum absolute atomic E-state index is 0.252. The molecule has 3 heterocycles. The molecule has 0 saturated carbocycles. The van der Waals surface area contributed by atoms with Crippen LogP contribution in [-0.4, -0.2) is 40.5 Å². The molecule has 1 N–H and O–H groups in total. The van der Waals surface area contributed by atoms with Crippen molar-refractivity contribution in [1.82, 2.24) is 9.97 Å². The molecule has 0 spiro atoms. The van der Waals surface area contributed by atoms with E-state index >= 15 is 0 Å². The van der Waals surface area contributed by atoms with Gasteiger partial charge in [-0.2, -0.15) is 11.8 Å². The van der Waals surface area contributed by atoms with Gasteiger partial charge in [0.2, 0.25) is 0 Å². The molecule has 0 bridgehead atoms. The number of anilines is 2. The summed E-state index contributed by atoms with van der Waals surface area (Å²) in [5, 5.41) is 2.73. The molecule has 0 radical (unpaired) electrons. The van der Waals surface area contributed by atoms with Crippen LogP contribution in [-0.2, 0) is 0 Å². The third-order valence-electron chi connectivity index (χ3n) is 3.01. The number of nitrogens with one attached hydrogen (secondary N) is 1. The monoisotopic (exact) mass is 290 g/mol. The van der Waals surface area contributed by atoms with Crippen molar-refractivity contribution in [3.05, 3.63) is 36.7 Å². The molecule has 1 fully saturated rings. The van der Waals surface area contributed by atoms with Crippen molar-refractivity contribution in [2.45, 2.75) is 0 Å². The van der Waals surface area contributed by atoms with Crippen LogP contribution in [0, 0.1) is 0 Å². The number of hydrogen-bond acceptors (Lipinski definition) is 6. The van der Waals surface area contributed by atoms with E-state index in [0.29, 0.717) is 5.69 Å². The van der Waals surface area contributed by atoms with Gasteiger partial charge in [0.25, 0.3) is 5.91 Å². The smallest absolute Gasteiger partial charge is 0.277 e. The molecule has 0 aliphatic carbocycles. The number of rotatable bonds is 3. The quantitative estimate of drug-likeness (QED) is 0.930. The van der Waals surface area contributed by atoms with Gasteiger partial charge in [-0.15, -0.1) is 0 Å². The Hall–Kier alpha value is -2.02. The third-order valence-corrected chi connectivity index (χ3v) is 3.95. The Labute approximate surface area is 120 Å². The van der Waals surface area contributed by atoms with E-state index in [1.165, 1.54) is 12.7 Å². The first-order valence-corrected chi connectivity index (χ1v) is 7.47. The van der Waals surface area contributed by atoms with Gasteiger partial charge in [0, 0.05) is 24.6 Å². The van der Waals surface area contributed by atoms with Gasteiger partial charge in [-0.25, -0.2) is 9.97 Å². The third kappa shape index (κ3) is 2.93. The number of oxazole rings is 1. The molecular weight excluding hydrogens is 276 g/mol. The molecule has 1 amide bonds. The fourth-order valence-corrected chi connectivity index (χ4v) is 2.86. The van der Waals surface area contributed by atoms with Crippen LogP contribution in [0.4, 0.5) is 11.5 Å². The number of carbonyl (C=O) groups excluding carboxylic acids is 1. The van der Waals surface area contributed by atoms with Crippen molar-refractivity contribution in [3.63, 3.8) is 0 Å². The Morgan fingerprint density at radius 1 is 1.30 bits per heavy atom. The van der Waals surface area contributed by atoms with Gasteiger partial charge in [0.05, 0.1) is 11.9 Å². The summed E-state index contributed by atoms with van der Waals surface area (Å²) in [6.07, 6.45) is 4.20. The zero-order chi connectivity index (χ0) is 13.8. The normalized spacial score (nSPS) is 15.1. The van der Waals surface area contributed by atoms with E-state index in [0.717, 1.165) is 30.4 Å². The summed E-state index contributed by atoms with van der Waals surface area (Å²) in [4.78, 5) is 22.2. The van der Waals surface area contributed by atoms with Crippen LogP contribution in [0.5, 0.6) is 0 Å². The van der Waals surface area contributed by atoms with E-state index in [4.69, 9.17) is 4.42 Å². The second-order valence-corrected chi connectivity index (χ2v) is 5.56. The Morgan fingerprint density at radius 2 is 2.15 bits per heavy atom. The summed E-state index contributed by atoms with van der Waals surface area (Å²) in [6.45, 7) is 2.03. The van der Waals surface area contributed by atoms with E-state index in [9.17, 15) is 4.79 Å². The first-order chi connectivity index (χ1) is 9.83. The lowest BCUT2D eigenvalue weighted by Crippen LogP contribution is -2.33. The Morgan fingerprint density at radius 3 is 2.80 bits per heavy atom. The standard InChI is InChI=1S/C13H14N4O2S/c18-13(11-8-19-9-15-11)16-10-1-2-12(14-7-10)17-3-5-20-6-4-17/h1-2,7-9H,3-6H2,(H,16,18). The molecule has 1 saturated heterocycles. The maximum atomic E-state index is 11.8. The highest BCUT2D eigenvalue weighted by molar-refractivity contribution is 7.99. The minimum Gasteiger partial charge on any atom is -0.451 e. The van der Waals surface area contributed by atoms with Gasteiger partial charge in [-0.1, -0.05) is 0 Å². The molecule has 6 nitrogen and oxygen atoms in total. The largest absolute Gasteiger partial charge is 0.451 e. The summed E-state index contributed by atoms with van der Waals surface area (Å²) in [7, 11) is 0. The highest BCUT2D eigenvalue weighted by Gasteiger charge is 2.13. The lowest BCUT2D eigenvalue weighted by Gasteiger charge is -2.27. The van der Waals surface area contributed by atoms with E-state index in [1.807, 2.05) is 23.9 Å². The highest BCUT2D eigenvalue weighted by Crippen LogP contribution is 2.18. The molecular formula is C13H14N4O2S. The first kappa shape index (κ1) is 13.0. The van der Waals surface area contributed by atoms with Gasteiger partial charge < -0.3 is 14.6 Å². The number of thioether (sulfide) groups is 1. The van der Waals surface area contributed by atoms with Crippen LogP contribution in [0.2, 0.25) is 0 Å². The van der Waals surface area contributed by atoms with Gasteiger partial charge in [0.15, 0.2) is 12.1 Å². The zero-order valence-electron chi connectivity index (χ0n) is 10.8. The average Bonchev–Trinajstić information content (AvgIpc) is 3.03. The molecule has 2 aromatic rings. The van der Waals surface area contributed by atoms with E-state index in [2.05, 4.69) is 20.2 Å². The summed E-state index contributed by atoms with van der Waals surface area (Å²) >= 11 is 1.96. The lowest BCUT2D eigenvalue weighted by atomic mass is 10.3. The average molecular weight is 290 g/mol. The number of carbonyl (C=O) groups is 1. The molecule has 7 heteroatoms. The fourth-order valence-electron chi connectivity index (χ4n) is 1.96. The molecule has 2 aromatic heterocycles. The predicted octanol–water partition coefficient (Wildman–Crippen LogP) is 1.88. The van der Waals surface area contributed by atoms with Gasteiger partial charge >= 0.3 is 0 Å².